The van der Waals surface area contributed by atoms with E-state index in [-0.39, 0.29) is 0 Å². The van der Waals surface area contributed by atoms with Crippen LogP contribution in [0.3, 0.4) is 0 Å². The zero-order chi connectivity index (χ0) is 8.69. The van der Waals surface area contributed by atoms with E-state index in [1.807, 2.05) is 19.9 Å². The molecule has 0 aromatic rings. The predicted molar refractivity (Wildman–Crippen MR) is 47.0 cm³/mol. The van der Waals surface area contributed by atoms with E-state index in [1.165, 1.54) is 6.08 Å². The predicted octanol–water partition coefficient (Wildman–Crippen LogP) is 2.10. The second kappa shape index (κ2) is 5.49. The van der Waals surface area contributed by atoms with Crippen LogP contribution >= 0.6 is 0 Å². The minimum Gasteiger partial charge on any atom is -0.299 e. The quantitative estimate of drug-likeness (QED) is 0.316. The van der Waals surface area contributed by atoms with E-state index >= 15 is 0 Å². The Hall–Kier alpha value is -1.29. The van der Waals surface area contributed by atoms with Crippen LogP contribution in [-0.4, -0.2) is 6.29 Å². The van der Waals surface area contributed by atoms with Gasteiger partial charge in [-0.15, -0.1) is 0 Å². The van der Waals surface area contributed by atoms with E-state index in [1.54, 1.807) is 6.92 Å². The summed E-state index contributed by atoms with van der Waals surface area (Å²) in [4.78, 5) is 9.95. The molecule has 0 N–H and O–H groups in total. The lowest BCUT2D eigenvalue weighted by Gasteiger charge is -1.80. The fraction of sp³-hybridized carbons (Fsp3) is 0.300. The van der Waals surface area contributed by atoms with E-state index in [0.717, 1.165) is 17.4 Å². The summed E-state index contributed by atoms with van der Waals surface area (Å²) in [5, 5.41) is 0. The summed E-state index contributed by atoms with van der Waals surface area (Å²) in [7, 11) is 0. The van der Waals surface area contributed by atoms with Crippen molar-refractivity contribution in [3.05, 3.63) is 23.3 Å². The second-order valence-corrected chi connectivity index (χ2v) is 2.48. The van der Waals surface area contributed by atoms with E-state index in [9.17, 15) is 4.79 Å². The molecule has 0 rings (SSSR count). The minimum atomic E-state index is 0.743. The Kier molecular flexibility index (Phi) is 4.85. The number of allylic oxidation sites excluding steroid dienone is 4. The number of aldehydes is 1. The molecule has 1 nitrogen and oxygen atoms in total. The fourth-order valence-electron chi connectivity index (χ4n) is 0.438. The Balaban J connectivity index is 4.19. The average molecular weight is 148 g/mol. The lowest BCUT2D eigenvalue weighted by molar-refractivity contribution is -0.104. The molecule has 0 bridgehead atoms. The van der Waals surface area contributed by atoms with Gasteiger partial charge in [0, 0.05) is 5.57 Å². The van der Waals surface area contributed by atoms with Crippen molar-refractivity contribution in [3.63, 3.8) is 0 Å². The first-order valence-electron chi connectivity index (χ1n) is 3.44. The third kappa shape index (κ3) is 6.60. The van der Waals surface area contributed by atoms with Gasteiger partial charge >= 0.3 is 0 Å². The normalized spacial score (nSPS) is 9.55. The smallest absolute Gasteiger partial charge is 0.143 e. The maximum Gasteiger partial charge on any atom is 0.143 e. The van der Waals surface area contributed by atoms with Gasteiger partial charge < -0.3 is 0 Å². The molecule has 0 aliphatic carbocycles. The summed E-state index contributed by atoms with van der Waals surface area (Å²) < 4.78 is 0. The second-order valence-electron chi connectivity index (χ2n) is 2.48. The lowest BCUT2D eigenvalue weighted by atomic mass is 10.2. The Bertz CT molecular complexity index is 242. The topological polar surface area (TPSA) is 17.1 Å². The van der Waals surface area contributed by atoms with Gasteiger partial charge in [0.1, 0.15) is 6.29 Å². The van der Waals surface area contributed by atoms with Crippen LogP contribution < -0.4 is 0 Å². The highest BCUT2D eigenvalue weighted by Gasteiger charge is 1.76. The van der Waals surface area contributed by atoms with Crippen LogP contribution in [0.4, 0.5) is 0 Å². The summed E-state index contributed by atoms with van der Waals surface area (Å²) in [5.41, 5.74) is 1.95. The van der Waals surface area contributed by atoms with E-state index in [2.05, 4.69) is 11.8 Å². The molecule has 58 valence electrons. The van der Waals surface area contributed by atoms with Crippen molar-refractivity contribution >= 4 is 6.29 Å². The zero-order valence-corrected chi connectivity index (χ0v) is 7.14. The molecule has 1 heteroatoms. The molecule has 0 amide bonds. The number of hydrogen-bond donors (Lipinski definition) is 0. The van der Waals surface area contributed by atoms with Gasteiger partial charge in [0.25, 0.3) is 0 Å². The van der Waals surface area contributed by atoms with Crippen molar-refractivity contribution in [2.45, 2.75) is 20.8 Å². The molecule has 0 unspecified atom stereocenters. The molecule has 0 fully saturated rings. The lowest BCUT2D eigenvalue weighted by Crippen LogP contribution is -1.69. The number of hydrogen-bond acceptors (Lipinski definition) is 1. The highest BCUT2D eigenvalue weighted by Crippen LogP contribution is 1.88. The van der Waals surface area contributed by atoms with Gasteiger partial charge in [-0.2, -0.15) is 0 Å². The molecule has 11 heavy (non-hydrogen) atoms. The van der Waals surface area contributed by atoms with Crippen molar-refractivity contribution in [1.29, 1.82) is 0 Å². The zero-order valence-electron chi connectivity index (χ0n) is 7.14. The van der Waals surface area contributed by atoms with Gasteiger partial charge in [0.2, 0.25) is 0 Å². The van der Waals surface area contributed by atoms with Crippen molar-refractivity contribution in [1.82, 2.24) is 0 Å². The van der Waals surface area contributed by atoms with Gasteiger partial charge in [-0.1, -0.05) is 17.4 Å². The average Bonchev–Trinajstić information content (AvgIpc) is 1.87. The third-order valence-electron chi connectivity index (χ3n) is 0.948. The van der Waals surface area contributed by atoms with E-state index < -0.39 is 0 Å². The number of rotatable bonds is 1. The maximum atomic E-state index is 9.95. The molecular formula is C10H12O. The highest BCUT2D eigenvalue weighted by atomic mass is 16.1. The minimum absolute atomic E-state index is 0.743. The van der Waals surface area contributed by atoms with E-state index in [0.29, 0.717) is 0 Å². The summed E-state index contributed by atoms with van der Waals surface area (Å²) in [6, 6.07) is 0. The molecule has 0 radical (unpaired) electrons. The van der Waals surface area contributed by atoms with Gasteiger partial charge in [0.15, 0.2) is 0 Å². The Labute approximate surface area is 67.8 Å². The van der Waals surface area contributed by atoms with Crippen molar-refractivity contribution in [2.24, 2.45) is 0 Å². The maximum absolute atomic E-state index is 9.95. The van der Waals surface area contributed by atoms with Crippen LogP contribution in [0.5, 0.6) is 0 Å². The van der Waals surface area contributed by atoms with Crippen molar-refractivity contribution < 1.29 is 4.79 Å². The Morgan fingerprint density at radius 3 is 2.36 bits per heavy atom. The summed E-state index contributed by atoms with van der Waals surface area (Å²) in [6.07, 6.45) is 4.01. The van der Waals surface area contributed by atoms with E-state index in [4.69, 9.17) is 0 Å². The van der Waals surface area contributed by atoms with Crippen molar-refractivity contribution in [3.8, 4) is 11.8 Å². The monoisotopic (exact) mass is 148 g/mol. The van der Waals surface area contributed by atoms with Crippen LogP contribution in [-0.2, 0) is 4.79 Å². The van der Waals surface area contributed by atoms with Gasteiger partial charge in [-0.3, -0.25) is 4.79 Å². The molecule has 0 saturated carbocycles. The van der Waals surface area contributed by atoms with Crippen LogP contribution in [0.25, 0.3) is 0 Å². The molecule has 0 heterocycles. The molecule has 0 saturated heterocycles. The molecular weight excluding hydrogens is 136 g/mol. The van der Waals surface area contributed by atoms with Gasteiger partial charge in [-0.05, 0) is 32.9 Å². The first-order chi connectivity index (χ1) is 5.16. The SMILES string of the molecule is CC(C)=CC#CC(C)=CC=O. The fourth-order valence-corrected chi connectivity index (χ4v) is 0.438. The molecule has 0 aliphatic heterocycles. The molecule has 0 spiro atoms. The molecule has 0 aromatic carbocycles. The summed E-state index contributed by atoms with van der Waals surface area (Å²) in [5.74, 6) is 5.65. The standard InChI is InChI=1S/C10H12O/c1-9(2)5-4-6-10(3)7-8-11/h5,7-8H,1-3H3. The van der Waals surface area contributed by atoms with Gasteiger partial charge in [-0.25, -0.2) is 0 Å². The molecule has 0 aliphatic rings. The largest absolute Gasteiger partial charge is 0.299 e. The first kappa shape index (κ1) is 9.71. The Morgan fingerprint density at radius 2 is 1.91 bits per heavy atom. The molecule has 0 atom stereocenters. The van der Waals surface area contributed by atoms with Crippen molar-refractivity contribution in [2.75, 3.05) is 0 Å². The highest BCUT2D eigenvalue weighted by molar-refractivity contribution is 5.67. The number of carbonyl (C=O) groups excluding carboxylic acids is 1. The molecule has 0 aromatic heterocycles. The Morgan fingerprint density at radius 1 is 1.27 bits per heavy atom. The van der Waals surface area contributed by atoms with Crippen LogP contribution in [0.15, 0.2) is 23.3 Å². The third-order valence-corrected chi connectivity index (χ3v) is 0.948. The first-order valence-corrected chi connectivity index (χ1v) is 3.44. The van der Waals surface area contributed by atoms with Gasteiger partial charge in [0.05, 0.1) is 0 Å². The van der Waals surface area contributed by atoms with Crippen LogP contribution in [0.1, 0.15) is 20.8 Å². The van der Waals surface area contributed by atoms with Crippen LogP contribution in [0.2, 0.25) is 0 Å². The number of carbonyl (C=O) groups is 1. The summed E-state index contributed by atoms with van der Waals surface area (Å²) >= 11 is 0. The summed E-state index contributed by atoms with van der Waals surface area (Å²) in [6.45, 7) is 5.77. The van der Waals surface area contributed by atoms with Crippen LogP contribution in [0, 0.1) is 11.8 Å².